The maximum absolute atomic E-state index is 13.9. The number of pyridine rings is 1. The fourth-order valence-electron chi connectivity index (χ4n) is 3.23. The average Bonchev–Trinajstić information content (AvgIpc) is 2.70. The van der Waals surface area contributed by atoms with E-state index in [1.54, 1.807) is 25.1 Å². The van der Waals surface area contributed by atoms with Gasteiger partial charge < -0.3 is 15.0 Å². The molecule has 0 radical (unpaired) electrons. The summed E-state index contributed by atoms with van der Waals surface area (Å²) < 4.78 is 19.0. The van der Waals surface area contributed by atoms with E-state index in [-0.39, 0.29) is 17.6 Å². The lowest BCUT2D eigenvalue weighted by Crippen LogP contribution is -2.37. The lowest BCUT2D eigenvalue weighted by atomic mass is 9.97. The van der Waals surface area contributed by atoms with E-state index in [9.17, 15) is 14.0 Å². The summed E-state index contributed by atoms with van der Waals surface area (Å²) in [6.07, 6.45) is 2.92. The number of nitrogens with one attached hydrogen (secondary N) is 1. The largest absolute Gasteiger partial charge is 0.466 e. The van der Waals surface area contributed by atoms with Crippen molar-refractivity contribution >= 4 is 23.4 Å². The van der Waals surface area contributed by atoms with E-state index >= 15 is 0 Å². The molecule has 0 unspecified atom stereocenters. The first-order valence-electron chi connectivity index (χ1n) is 9.43. The molecule has 1 aromatic heterocycles. The van der Waals surface area contributed by atoms with E-state index in [1.807, 2.05) is 6.92 Å². The standard InChI is InChI=1S/C21H24FN3O3/c1-3-28-21(27)15-8-10-25(11-9-15)19-7-5-16(13-23-19)20(26)24-18-6-4-14(2)12-17(18)22/h4-7,12-13,15H,3,8-11H2,1-2H3,(H,24,26). The SMILES string of the molecule is CCOC(=O)C1CCN(c2ccc(C(=O)Nc3ccc(C)cc3F)cn2)CC1. The third-order valence-electron chi connectivity index (χ3n) is 4.82. The Morgan fingerprint density at radius 2 is 2.00 bits per heavy atom. The summed E-state index contributed by atoms with van der Waals surface area (Å²) in [5.41, 5.74) is 1.28. The third kappa shape index (κ3) is 4.65. The number of carbonyl (C=O) groups is 2. The minimum absolute atomic E-state index is 0.0642. The molecule has 1 aliphatic heterocycles. The molecule has 28 heavy (non-hydrogen) atoms. The second kappa shape index (κ2) is 8.82. The van der Waals surface area contributed by atoms with Crippen molar-refractivity contribution in [3.8, 4) is 0 Å². The van der Waals surface area contributed by atoms with Crippen LogP contribution in [0.25, 0.3) is 0 Å². The lowest BCUT2D eigenvalue weighted by Gasteiger charge is -2.31. The Balaban J connectivity index is 1.59. The zero-order valence-electron chi connectivity index (χ0n) is 16.1. The van der Waals surface area contributed by atoms with Crippen molar-refractivity contribution in [3.05, 3.63) is 53.5 Å². The van der Waals surface area contributed by atoms with Gasteiger partial charge in [-0.25, -0.2) is 9.37 Å². The van der Waals surface area contributed by atoms with Gasteiger partial charge in [0.15, 0.2) is 0 Å². The highest BCUT2D eigenvalue weighted by molar-refractivity contribution is 6.04. The molecule has 0 atom stereocenters. The number of carbonyl (C=O) groups excluding carboxylic acids is 2. The molecule has 0 saturated carbocycles. The summed E-state index contributed by atoms with van der Waals surface area (Å²) in [4.78, 5) is 30.6. The van der Waals surface area contributed by atoms with Gasteiger partial charge in [0.05, 0.1) is 23.8 Å². The number of hydrogen-bond acceptors (Lipinski definition) is 5. The smallest absolute Gasteiger partial charge is 0.309 e. The molecule has 1 N–H and O–H groups in total. The number of ether oxygens (including phenoxy) is 1. The van der Waals surface area contributed by atoms with Crippen molar-refractivity contribution < 1.29 is 18.7 Å². The van der Waals surface area contributed by atoms with Gasteiger partial charge in [0.25, 0.3) is 5.91 Å². The van der Waals surface area contributed by atoms with E-state index in [0.29, 0.717) is 25.3 Å². The van der Waals surface area contributed by atoms with Crippen molar-refractivity contribution in [2.45, 2.75) is 26.7 Å². The number of benzene rings is 1. The molecule has 7 heteroatoms. The first-order valence-corrected chi connectivity index (χ1v) is 9.43. The summed E-state index contributed by atoms with van der Waals surface area (Å²) in [5, 5.41) is 2.56. The summed E-state index contributed by atoms with van der Waals surface area (Å²) in [6.45, 7) is 5.40. The number of anilines is 2. The molecule has 1 saturated heterocycles. The van der Waals surface area contributed by atoms with Crippen LogP contribution in [0.1, 0.15) is 35.7 Å². The number of aryl methyl sites for hydroxylation is 1. The van der Waals surface area contributed by atoms with Gasteiger partial charge in [0.2, 0.25) is 0 Å². The molecule has 6 nitrogen and oxygen atoms in total. The van der Waals surface area contributed by atoms with Gasteiger partial charge in [-0.2, -0.15) is 0 Å². The Morgan fingerprint density at radius 3 is 2.61 bits per heavy atom. The number of aromatic nitrogens is 1. The summed E-state index contributed by atoms with van der Waals surface area (Å²) >= 11 is 0. The monoisotopic (exact) mass is 385 g/mol. The van der Waals surface area contributed by atoms with Crippen LogP contribution in [0, 0.1) is 18.7 Å². The second-order valence-electron chi connectivity index (χ2n) is 6.86. The van der Waals surface area contributed by atoms with E-state index in [0.717, 1.165) is 24.2 Å². The molecule has 148 valence electrons. The number of amides is 1. The van der Waals surface area contributed by atoms with Crippen LogP contribution in [-0.4, -0.2) is 36.6 Å². The van der Waals surface area contributed by atoms with Crippen molar-refractivity contribution in [1.82, 2.24) is 4.98 Å². The topological polar surface area (TPSA) is 71.5 Å². The lowest BCUT2D eigenvalue weighted by molar-refractivity contribution is -0.148. The number of esters is 1. The van der Waals surface area contributed by atoms with Crippen LogP contribution in [0.15, 0.2) is 36.5 Å². The Kier molecular flexibility index (Phi) is 6.23. The predicted octanol–water partition coefficient (Wildman–Crippen LogP) is 3.56. The highest BCUT2D eigenvalue weighted by Gasteiger charge is 2.26. The van der Waals surface area contributed by atoms with Crippen LogP contribution in [0.4, 0.5) is 15.9 Å². The van der Waals surface area contributed by atoms with Gasteiger partial charge in [-0.15, -0.1) is 0 Å². The molecule has 2 aromatic rings. The Hall–Kier alpha value is -2.96. The van der Waals surface area contributed by atoms with Crippen LogP contribution in [-0.2, 0) is 9.53 Å². The van der Waals surface area contributed by atoms with Gasteiger partial charge in [-0.3, -0.25) is 9.59 Å². The van der Waals surface area contributed by atoms with E-state index in [1.165, 1.54) is 18.3 Å². The van der Waals surface area contributed by atoms with Crippen LogP contribution >= 0.6 is 0 Å². The average molecular weight is 385 g/mol. The minimum Gasteiger partial charge on any atom is -0.466 e. The number of hydrogen-bond donors (Lipinski definition) is 1. The van der Waals surface area contributed by atoms with Crippen molar-refractivity contribution in [1.29, 1.82) is 0 Å². The molecule has 1 fully saturated rings. The molecule has 0 bridgehead atoms. The zero-order chi connectivity index (χ0) is 20.1. The molecule has 1 aromatic carbocycles. The zero-order valence-corrected chi connectivity index (χ0v) is 16.1. The van der Waals surface area contributed by atoms with Crippen LogP contribution in [0.5, 0.6) is 0 Å². The fraction of sp³-hybridized carbons (Fsp3) is 0.381. The quantitative estimate of drug-likeness (QED) is 0.797. The van der Waals surface area contributed by atoms with Crippen molar-refractivity contribution in [2.75, 3.05) is 29.9 Å². The number of rotatable bonds is 5. The van der Waals surface area contributed by atoms with Gasteiger partial charge in [0, 0.05) is 19.3 Å². The fourth-order valence-corrected chi connectivity index (χ4v) is 3.23. The predicted molar refractivity (Wildman–Crippen MR) is 105 cm³/mol. The summed E-state index contributed by atoms with van der Waals surface area (Å²) in [7, 11) is 0. The summed E-state index contributed by atoms with van der Waals surface area (Å²) in [5.74, 6) is -0.332. The Bertz CT molecular complexity index is 846. The maximum atomic E-state index is 13.9. The minimum atomic E-state index is -0.470. The molecular weight excluding hydrogens is 361 g/mol. The van der Waals surface area contributed by atoms with Crippen LogP contribution < -0.4 is 10.2 Å². The molecular formula is C21H24FN3O3. The van der Waals surface area contributed by atoms with Crippen molar-refractivity contribution in [2.24, 2.45) is 5.92 Å². The Morgan fingerprint density at radius 1 is 1.25 bits per heavy atom. The van der Waals surface area contributed by atoms with E-state index < -0.39 is 11.7 Å². The molecule has 3 rings (SSSR count). The number of piperidine rings is 1. The van der Waals surface area contributed by atoms with E-state index in [4.69, 9.17) is 4.74 Å². The molecule has 2 heterocycles. The molecule has 1 amide bonds. The maximum Gasteiger partial charge on any atom is 0.309 e. The van der Waals surface area contributed by atoms with Crippen LogP contribution in [0.3, 0.4) is 0 Å². The van der Waals surface area contributed by atoms with Gasteiger partial charge in [-0.1, -0.05) is 6.07 Å². The van der Waals surface area contributed by atoms with Gasteiger partial charge >= 0.3 is 5.97 Å². The van der Waals surface area contributed by atoms with Gasteiger partial charge in [-0.05, 0) is 56.5 Å². The third-order valence-corrected chi connectivity index (χ3v) is 4.82. The molecule has 0 spiro atoms. The van der Waals surface area contributed by atoms with Crippen molar-refractivity contribution in [3.63, 3.8) is 0 Å². The summed E-state index contributed by atoms with van der Waals surface area (Å²) in [6, 6.07) is 8.08. The second-order valence-corrected chi connectivity index (χ2v) is 6.86. The number of nitrogens with zero attached hydrogens (tertiary/aromatic N) is 2. The number of halogens is 1. The molecule has 1 aliphatic rings. The first-order chi connectivity index (χ1) is 13.5. The van der Waals surface area contributed by atoms with Crippen LogP contribution in [0.2, 0.25) is 0 Å². The van der Waals surface area contributed by atoms with Gasteiger partial charge in [0.1, 0.15) is 11.6 Å². The normalized spacial score (nSPS) is 14.6. The van der Waals surface area contributed by atoms with E-state index in [2.05, 4.69) is 15.2 Å². The molecule has 0 aliphatic carbocycles. The Labute approximate surface area is 163 Å². The highest BCUT2D eigenvalue weighted by atomic mass is 19.1. The first kappa shape index (κ1) is 19.8. The highest BCUT2D eigenvalue weighted by Crippen LogP contribution is 2.23.